The van der Waals surface area contributed by atoms with E-state index in [0.717, 1.165) is 21.9 Å². The van der Waals surface area contributed by atoms with Crippen molar-refractivity contribution in [2.24, 2.45) is 5.41 Å². The summed E-state index contributed by atoms with van der Waals surface area (Å²) in [5.41, 5.74) is 2.22. The van der Waals surface area contributed by atoms with Gasteiger partial charge in [-0.2, -0.15) is 0 Å². The molecule has 0 unspecified atom stereocenters. The van der Waals surface area contributed by atoms with Gasteiger partial charge in [0.25, 0.3) is 5.91 Å². The predicted molar refractivity (Wildman–Crippen MR) is 370 cm³/mol. The van der Waals surface area contributed by atoms with E-state index in [1.807, 2.05) is 48.5 Å². The van der Waals surface area contributed by atoms with Crippen molar-refractivity contribution in [1.82, 2.24) is 57.2 Å². The summed E-state index contributed by atoms with van der Waals surface area (Å²) in [6.07, 6.45) is 2.19. The molecule has 0 aliphatic carbocycles. The van der Waals surface area contributed by atoms with Crippen LogP contribution in [0, 0.1) is 5.41 Å². The molecule has 7 aliphatic rings. The number of carboxylic acids is 2. The largest absolute Gasteiger partial charge is 0.490 e. The zero-order valence-corrected chi connectivity index (χ0v) is 57.6. The van der Waals surface area contributed by atoms with E-state index in [1.165, 1.54) is 39.0 Å². The van der Waals surface area contributed by atoms with Crippen LogP contribution in [0.3, 0.4) is 0 Å². The Kier molecular flexibility index (Phi) is 24.6. The molecule has 26 heteroatoms. The highest BCUT2D eigenvalue weighted by Crippen LogP contribution is 2.32. The van der Waals surface area contributed by atoms with Crippen molar-refractivity contribution in [3.05, 3.63) is 161 Å². The van der Waals surface area contributed by atoms with E-state index in [1.54, 1.807) is 110 Å². The molecule has 9 amide bonds. The summed E-state index contributed by atoms with van der Waals surface area (Å²) in [6.45, 7) is 10.0. The summed E-state index contributed by atoms with van der Waals surface area (Å²) >= 11 is 0. The number of hydrogen-bond acceptors (Lipinski definition) is 15. The SMILES string of the molecule is CC[C@@H](NC(=O)[C@H](C)NC)C(=O)N1C[C@@H]2C[C@H]1C(=O)N1Cc3ccccc3C[C@H]1C(=O)N[C@H](C(=O)O)Cc1ccc(cc1)C(=O)N[C@H]1C[C@@H](C(=O)N[C@@H](Cc3ccc4ccccc4c3)C(=O)N[C@H](C(=O)O)Cc3ccc(cc3)OC/C=C\CO2)N(C(=O)[C@@H](NC(=O)[C@@H](C)NC)C(C)(C)C)C1. The van der Waals surface area contributed by atoms with Crippen LogP contribution < -0.4 is 47.3 Å². The molecule has 0 saturated carbocycles. The van der Waals surface area contributed by atoms with Gasteiger partial charge in [0, 0.05) is 63.3 Å². The Morgan fingerprint density at radius 1 is 0.610 bits per heavy atom. The predicted octanol–water partition coefficient (Wildman–Crippen LogP) is 2.72. The maximum absolute atomic E-state index is 15.3. The number of aliphatic carboxylic acids is 2. The highest BCUT2D eigenvalue weighted by Gasteiger charge is 2.49. The number of carbonyl (C=O) groups excluding carboxylic acids is 9. The molecule has 2 fully saturated rings. The molecular weight excluding hydrogens is 1280 g/mol. The molecule has 5 aromatic carbocycles. The molecule has 532 valence electrons. The molecule has 12 rings (SSSR count). The maximum Gasteiger partial charge on any atom is 0.326 e. The van der Waals surface area contributed by atoms with Crippen LogP contribution in [-0.2, 0) is 84.9 Å². The molecule has 100 heavy (non-hydrogen) atoms. The molecule has 5 aromatic rings. The van der Waals surface area contributed by atoms with Gasteiger partial charge in [0.2, 0.25) is 47.3 Å². The zero-order chi connectivity index (χ0) is 72.1. The minimum absolute atomic E-state index is 0.00794. The van der Waals surface area contributed by atoms with E-state index in [0.29, 0.717) is 22.4 Å². The molecule has 7 heterocycles. The number of hydrogen-bond donors (Lipinski definition) is 10. The average molecular weight is 1370 g/mol. The van der Waals surface area contributed by atoms with Crippen molar-refractivity contribution in [3.63, 3.8) is 0 Å². The van der Waals surface area contributed by atoms with Crippen LogP contribution >= 0.6 is 0 Å². The highest BCUT2D eigenvalue weighted by atomic mass is 16.5. The fraction of sp³-hybridized carbons (Fsp3) is 0.446. The number of amides is 9. The lowest BCUT2D eigenvalue weighted by Crippen LogP contribution is -2.61. The van der Waals surface area contributed by atoms with Crippen LogP contribution in [0.25, 0.3) is 10.8 Å². The van der Waals surface area contributed by atoms with Gasteiger partial charge in [-0.25, -0.2) is 9.59 Å². The first-order chi connectivity index (χ1) is 47.7. The Bertz CT molecular complexity index is 3880. The van der Waals surface area contributed by atoms with E-state index in [-0.39, 0.29) is 83.4 Å². The minimum atomic E-state index is -1.54. The number of nitrogens with zero attached hydrogens (tertiary/aromatic N) is 3. The normalized spacial score (nSPS) is 23.6. The van der Waals surface area contributed by atoms with Gasteiger partial charge < -0.3 is 76.9 Å². The summed E-state index contributed by atoms with van der Waals surface area (Å²) in [7, 11) is 3.20. The Morgan fingerprint density at radius 2 is 1.19 bits per heavy atom. The molecule has 26 nitrogen and oxygen atoms in total. The lowest BCUT2D eigenvalue weighted by molar-refractivity contribution is -0.151. The van der Waals surface area contributed by atoms with Crippen molar-refractivity contribution in [1.29, 1.82) is 0 Å². The number of likely N-dealkylation sites (tertiary alicyclic amines) is 2. The molecule has 7 aliphatic heterocycles. The Labute approximate surface area is 581 Å². The van der Waals surface area contributed by atoms with Gasteiger partial charge in [-0.05, 0) is 115 Å². The lowest BCUT2D eigenvalue weighted by Gasteiger charge is -2.39. The topological polar surface area (TPSA) is 353 Å². The molecule has 2 saturated heterocycles. The summed E-state index contributed by atoms with van der Waals surface area (Å²) in [5.74, 6) is -8.06. The first-order valence-electron chi connectivity index (χ1n) is 33.9. The molecule has 0 aromatic heterocycles. The summed E-state index contributed by atoms with van der Waals surface area (Å²) in [4.78, 5) is 161. The first kappa shape index (κ1) is 74.2. The highest BCUT2D eigenvalue weighted by molar-refractivity contribution is 5.99. The number of fused-ring (bicyclic) bond motifs is 2. The van der Waals surface area contributed by atoms with E-state index in [2.05, 4.69) is 42.5 Å². The van der Waals surface area contributed by atoms with E-state index in [9.17, 15) is 48.6 Å². The smallest absolute Gasteiger partial charge is 0.326 e. The number of nitrogens with one attached hydrogen (secondary N) is 8. The van der Waals surface area contributed by atoms with Gasteiger partial charge in [-0.1, -0.05) is 125 Å². The third-order valence-electron chi connectivity index (χ3n) is 19.0. The van der Waals surface area contributed by atoms with E-state index < -0.39 is 143 Å². The van der Waals surface area contributed by atoms with E-state index >= 15 is 14.4 Å². The number of carboxylic acid groups (broad SMARTS) is 2. The van der Waals surface area contributed by atoms with Crippen molar-refractivity contribution in [2.75, 3.05) is 40.4 Å². The van der Waals surface area contributed by atoms with Crippen LogP contribution in [0.15, 0.2) is 127 Å². The van der Waals surface area contributed by atoms with Crippen molar-refractivity contribution in [2.45, 2.75) is 166 Å². The van der Waals surface area contributed by atoms with Crippen molar-refractivity contribution in [3.8, 4) is 5.75 Å². The monoisotopic (exact) mass is 1370 g/mol. The first-order valence-corrected chi connectivity index (χ1v) is 33.9. The minimum Gasteiger partial charge on any atom is -0.490 e. The number of carbonyl (C=O) groups is 11. The lowest BCUT2D eigenvalue weighted by atomic mass is 9.85. The van der Waals surface area contributed by atoms with Gasteiger partial charge in [-0.15, -0.1) is 0 Å². The Balaban J connectivity index is 1.04. The number of benzene rings is 5. The van der Waals surface area contributed by atoms with Gasteiger partial charge in [0.1, 0.15) is 60.7 Å². The van der Waals surface area contributed by atoms with Gasteiger partial charge in [-0.3, -0.25) is 43.2 Å². The number of likely N-dealkylation sites (N-methyl/N-ethyl adjacent to an activating group) is 2. The quantitative estimate of drug-likeness (QED) is 0.0758. The van der Waals surface area contributed by atoms with Crippen LogP contribution in [0.5, 0.6) is 5.75 Å². The third kappa shape index (κ3) is 18.4. The molecule has 0 spiro atoms. The average Bonchev–Trinajstić information content (AvgIpc) is 1.42. The summed E-state index contributed by atoms with van der Waals surface area (Å²) < 4.78 is 12.3. The molecule has 8 bridgehead atoms. The second-order valence-electron chi connectivity index (χ2n) is 27.1. The Morgan fingerprint density at radius 3 is 1.82 bits per heavy atom. The third-order valence-corrected chi connectivity index (χ3v) is 19.0. The standard InChI is InChI=1S/C74H91N11O15/c1-9-55(78-63(86)42(2)75-7)69(92)85-41-54-38-61(85)70(93)83-39-51-19-13-12-18-50(51)36-59(83)67(90)81-58(73(97)98)33-44-20-26-48(27-21-44)65(88)77-52-37-60(84(40-52)71(94)62(74(4,5)6)82-64(87)43(3)76-8)68(91)79-56(35-46-22-25-47-16-10-11-17-49(47)32-46)66(89)80-57(72(95)96)34-45-23-28-53(29-24-45)99-30-14-15-31-100-54/h10-29,32,42-43,52,54-62,75-76H,9,30-31,33-41H2,1-8H3,(H,77,88)(H,78,86)(H,79,91)(H,80,89)(H,81,90)(H,82,87)(H,95,96)(H,97,98)/b15-14-/t42-,43+,52-,54-,55+,56-,57-,58-,59-,60-,61-,62+/m0/s1. The van der Waals surface area contributed by atoms with Gasteiger partial charge in [0.15, 0.2) is 0 Å². The fourth-order valence-corrected chi connectivity index (χ4v) is 12.9. The second-order valence-corrected chi connectivity index (χ2v) is 27.1. The number of rotatable bonds is 13. The van der Waals surface area contributed by atoms with Crippen molar-refractivity contribution < 1.29 is 72.4 Å². The summed E-state index contributed by atoms with van der Waals surface area (Å²) in [6, 6.07) is 20.1. The van der Waals surface area contributed by atoms with Crippen LogP contribution in [-0.4, -0.2) is 203 Å². The molecule has 0 radical (unpaired) electrons. The second kappa shape index (κ2) is 33.2. The van der Waals surface area contributed by atoms with Crippen molar-refractivity contribution >= 4 is 75.9 Å². The molecule has 12 atom stereocenters. The zero-order valence-electron chi connectivity index (χ0n) is 57.6. The van der Waals surface area contributed by atoms with Crippen LogP contribution in [0.1, 0.15) is 99.0 Å². The Hall–Kier alpha value is -10.0. The molecular formula is C74H91N11O15. The van der Waals surface area contributed by atoms with Gasteiger partial charge >= 0.3 is 11.9 Å². The number of ether oxygens (including phenoxy) is 2. The maximum atomic E-state index is 15.3. The van der Waals surface area contributed by atoms with E-state index in [4.69, 9.17) is 9.47 Å². The van der Waals surface area contributed by atoms with Crippen LogP contribution in [0.4, 0.5) is 0 Å². The molecule has 10 N–H and O–H groups in total. The van der Waals surface area contributed by atoms with Gasteiger partial charge in [0.05, 0.1) is 24.8 Å². The fourth-order valence-electron chi connectivity index (χ4n) is 12.9. The summed E-state index contributed by atoms with van der Waals surface area (Å²) in [5, 5.41) is 45.6. The van der Waals surface area contributed by atoms with Crippen LogP contribution in [0.2, 0.25) is 0 Å².